The van der Waals surface area contributed by atoms with Crippen LogP contribution in [0.15, 0.2) is 36.5 Å². The largest absolute Gasteiger partial charge is 0.394 e. The summed E-state index contributed by atoms with van der Waals surface area (Å²) >= 11 is 0. The van der Waals surface area contributed by atoms with E-state index in [0.717, 1.165) is 51.4 Å². The number of hydrogen-bond donors (Lipinski definition) is 9. The molecule has 9 N–H and O–H groups in total. The van der Waals surface area contributed by atoms with E-state index in [2.05, 4.69) is 43.5 Å². The summed E-state index contributed by atoms with van der Waals surface area (Å²) in [5, 5.41) is 87.1. The zero-order valence-corrected chi connectivity index (χ0v) is 49.4. The van der Waals surface area contributed by atoms with Gasteiger partial charge in [0.1, 0.15) is 48.8 Å². The summed E-state index contributed by atoms with van der Waals surface area (Å²) in [5.74, 6) is -0.257. The van der Waals surface area contributed by atoms with Crippen LogP contribution in [-0.2, 0) is 23.7 Å². The van der Waals surface area contributed by atoms with Gasteiger partial charge in [-0.2, -0.15) is 0 Å². The lowest BCUT2D eigenvalue weighted by molar-refractivity contribution is -0.359. The molecule has 14 heteroatoms. The second-order valence-electron chi connectivity index (χ2n) is 22.9. The molecule has 0 aliphatic carbocycles. The van der Waals surface area contributed by atoms with Crippen molar-refractivity contribution in [2.24, 2.45) is 0 Å². The number of hydrogen-bond acceptors (Lipinski definition) is 13. The molecule has 0 aromatic carbocycles. The van der Waals surface area contributed by atoms with Gasteiger partial charge in [-0.05, 0) is 57.8 Å². The van der Waals surface area contributed by atoms with Gasteiger partial charge >= 0.3 is 0 Å². The van der Waals surface area contributed by atoms with Crippen molar-refractivity contribution in [2.75, 3.05) is 19.8 Å². The first-order valence-electron chi connectivity index (χ1n) is 32.2. The van der Waals surface area contributed by atoms with Crippen molar-refractivity contribution < 1.29 is 64.6 Å². The maximum Gasteiger partial charge on any atom is 0.220 e. The summed E-state index contributed by atoms with van der Waals surface area (Å²) in [7, 11) is 0. The molecule has 78 heavy (non-hydrogen) atoms. The molecule has 2 fully saturated rings. The molecule has 0 aromatic rings. The summed E-state index contributed by atoms with van der Waals surface area (Å²) in [6.07, 6.45) is 45.0. The number of unbranched alkanes of at least 4 members (excludes halogenated alkanes) is 35. The molecule has 0 radical (unpaired) electrons. The standard InChI is InChI=1S/C64H119NO13/c1-3-5-7-9-11-13-15-17-19-20-21-22-23-24-25-26-27-28-29-30-31-32-33-34-35-37-39-41-43-45-47-53(68)52(65-56(69)48-46-44-42-40-38-36-18-16-14-12-10-8-6-4-2)51-75-63-61(74)59(72)62(55(50-67)77-63)78-64-60(73)58(71)57(70)54(49-66)76-64/h16,18,37,39,45,47,52-55,57-64,66-68,70-74H,3-15,17,19-36,38,40-44,46,48-51H2,1-2H3,(H,65,69)/b18-16-,39-37+,47-45+. The predicted molar refractivity (Wildman–Crippen MR) is 314 cm³/mol. The van der Waals surface area contributed by atoms with Crippen LogP contribution >= 0.6 is 0 Å². The third-order valence-electron chi connectivity index (χ3n) is 15.8. The van der Waals surface area contributed by atoms with Crippen molar-refractivity contribution in [3.05, 3.63) is 36.5 Å². The predicted octanol–water partition coefficient (Wildman–Crippen LogP) is 11.8. The molecule has 14 nitrogen and oxygen atoms in total. The number of amides is 1. The van der Waals surface area contributed by atoms with Crippen molar-refractivity contribution in [1.82, 2.24) is 5.32 Å². The molecule has 0 bridgehead atoms. The molecule has 458 valence electrons. The summed E-state index contributed by atoms with van der Waals surface area (Å²) in [6.45, 7) is 2.78. The maximum absolute atomic E-state index is 13.2. The number of carbonyl (C=O) groups is 1. The zero-order chi connectivity index (χ0) is 56.7. The van der Waals surface area contributed by atoms with Crippen molar-refractivity contribution in [1.29, 1.82) is 0 Å². The van der Waals surface area contributed by atoms with Crippen LogP contribution in [-0.4, -0.2) is 140 Å². The van der Waals surface area contributed by atoms with Gasteiger partial charge in [0.25, 0.3) is 0 Å². The maximum atomic E-state index is 13.2. The Morgan fingerprint density at radius 3 is 1.26 bits per heavy atom. The minimum atomic E-state index is -1.79. The van der Waals surface area contributed by atoms with Gasteiger partial charge in [0.05, 0.1) is 32.0 Å². The van der Waals surface area contributed by atoms with Gasteiger partial charge in [-0.15, -0.1) is 0 Å². The van der Waals surface area contributed by atoms with E-state index in [1.54, 1.807) is 6.08 Å². The third kappa shape index (κ3) is 34.6. The van der Waals surface area contributed by atoms with Crippen LogP contribution in [0.5, 0.6) is 0 Å². The number of nitrogens with one attached hydrogen (secondary N) is 1. The Morgan fingerprint density at radius 1 is 0.449 bits per heavy atom. The van der Waals surface area contributed by atoms with Gasteiger partial charge < -0.3 is 65.1 Å². The smallest absolute Gasteiger partial charge is 0.220 e. The molecule has 12 atom stereocenters. The van der Waals surface area contributed by atoms with Crippen LogP contribution in [0.2, 0.25) is 0 Å². The minimum absolute atomic E-state index is 0.257. The highest BCUT2D eigenvalue weighted by atomic mass is 16.7. The minimum Gasteiger partial charge on any atom is -0.394 e. The van der Waals surface area contributed by atoms with E-state index in [9.17, 15) is 45.6 Å². The Balaban J connectivity index is 1.70. The SMILES string of the molecule is CCCCCCC/C=C\CCCCCCCC(=O)NC(COC1OC(CO)C(OC2OC(CO)C(O)C(O)C2O)C(O)C1O)C(O)/C=C/CC/C=C/CCCCCCCCCCCCCCCCCCCCCCCCCC. The first-order chi connectivity index (χ1) is 38.1. The van der Waals surface area contributed by atoms with Gasteiger partial charge in [-0.1, -0.05) is 243 Å². The second-order valence-corrected chi connectivity index (χ2v) is 22.9. The molecule has 12 unspecified atom stereocenters. The fourth-order valence-corrected chi connectivity index (χ4v) is 10.6. The van der Waals surface area contributed by atoms with Gasteiger partial charge in [-0.3, -0.25) is 4.79 Å². The van der Waals surface area contributed by atoms with Crippen molar-refractivity contribution in [3.63, 3.8) is 0 Å². The van der Waals surface area contributed by atoms with E-state index in [0.29, 0.717) is 12.8 Å². The number of aliphatic hydroxyl groups excluding tert-OH is 8. The van der Waals surface area contributed by atoms with Gasteiger partial charge in [0.2, 0.25) is 5.91 Å². The van der Waals surface area contributed by atoms with E-state index in [1.165, 1.54) is 186 Å². The van der Waals surface area contributed by atoms with Gasteiger partial charge in [0, 0.05) is 6.42 Å². The van der Waals surface area contributed by atoms with E-state index in [1.807, 2.05) is 6.08 Å². The second kappa shape index (κ2) is 49.8. The number of allylic oxidation sites excluding steroid dienone is 5. The highest BCUT2D eigenvalue weighted by molar-refractivity contribution is 5.76. The fourth-order valence-electron chi connectivity index (χ4n) is 10.6. The summed E-state index contributed by atoms with van der Waals surface area (Å²) in [6, 6.07) is -0.935. The Kier molecular flexibility index (Phi) is 46.2. The van der Waals surface area contributed by atoms with Crippen LogP contribution in [0.1, 0.15) is 271 Å². The molecular formula is C64H119NO13. The number of rotatable bonds is 52. The lowest BCUT2D eigenvalue weighted by Crippen LogP contribution is -2.65. The molecular weight excluding hydrogens is 991 g/mol. The van der Waals surface area contributed by atoms with E-state index < -0.39 is 86.8 Å². The number of ether oxygens (including phenoxy) is 4. The van der Waals surface area contributed by atoms with Crippen LogP contribution in [0.25, 0.3) is 0 Å². The Labute approximate surface area is 474 Å². The monoisotopic (exact) mass is 1110 g/mol. The molecule has 2 aliphatic rings. The number of carbonyl (C=O) groups excluding carboxylic acids is 1. The molecule has 2 heterocycles. The Morgan fingerprint density at radius 2 is 0.821 bits per heavy atom. The first kappa shape index (κ1) is 72.3. The highest BCUT2D eigenvalue weighted by Crippen LogP contribution is 2.30. The van der Waals surface area contributed by atoms with Gasteiger partial charge in [0.15, 0.2) is 12.6 Å². The summed E-state index contributed by atoms with van der Waals surface area (Å²) in [4.78, 5) is 13.2. The molecule has 2 rings (SSSR count). The molecule has 0 spiro atoms. The van der Waals surface area contributed by atoms with E-state index >= 15 is 0 Å². The highest BCUT2D eigenvalue weighted by Gasteiger charge is 2.51. The average Bonchev–Trinajstić information content (AvgIpc) is 3.48. The van der Waals surface area contributed by atoms with Crippen LogP contribution in [0, 0.1) is 0 Å². The topological polar surface area (TPSA) is 228 Å². The lowest BCUT2D eigenvalue weighted by atomic mass is 9.97. The lowest BCUT2D eigenvalue weighted by Gasteiger charge is -2.46. The fraction of sp³-hybridized carbons (Fsp3) is 0.891. The van der Waals surface area contributed by atoms with E-state index in [4.69, 9.17) is 18.9 Å². The molecule has 0 saturated carbocycles. The van der Waals surface area contributed by atoms with Crippen LogP contribution in [0.4, 0.5) is 0 Å². The zero-order valence-electron chi connectivity index (χ0n) is 49.4. The average molecular weight is 1110 g/mol. The van der Waals surface area contributed by atoms with Crippen molar-refractivity contribution >= 4 is 5.91 Å². The Bertz CT molecular complexity index is 1450. The summed E-state index contributed by atoms with van der Waals surface area (Å²) < 4.78 is 22.8. The van der Waals surface area contributed by atoms with E-state index in [-0.39, 0.29) is 18.9 Å². The molecule has 1 amide bonds. The molecule has 2 saturated heterocycles. The number of aliphatic hydroxyl groups is 8. The van der Waals surface area contributed by atoms with Crippen LogP contribution in [0.3, 0.4) is 0 Å². The first-order valence-corrected chi connectivity index (χ1v) is 32.2. The normalized spacial score (nSPS) is 24.7. The Hall–Kier alpha value is -1.79. The van der Waals surface area contributed by atoms with Gasteiger partial charge in [-0.25, -0.2) is 0 Å². The molecule has 0 aromatic heterocycles. The third-order valence-corrected chi connectivity index (χ3v) is 15.8. The summed E-state index contributed by atoms with van der Waals surface area (Å²) in [5.41, 5.74) is 0. The van der Waals surface area contributed by atoms with Crippen LogP contribution < -0.4 is 5.32 Å². The quantitative estimate of drug-likeness (QED) is 0.0204. The van der Waals surface area contributed by atoms with Crippen molar-refractivity contribution in [2.45, 2.75) is 344 Å². The van der Waals surface area contributed by atoms with Crippen molar-refractivity contribution in [3.8, 4) is 0 Å². The molecule has 2 aliphatic heterocycles.